The summed E-state index contributed by atoms with van der Waals surface area (Å²) in [5.41, 5.74) is -0.0552. The van der Waals surface area contributed by atoms with Crippen LogP contribution >= 0.6 is 0 Å². The molecule has 10 heteroatoms. The molecule has 1 aromatic carbocycles. The number of hydrogen-bond donors (Lipinski definition) is 2. The summed E-state index contributed by atoms with van der Waals surface area (Å²) in [5.74, 6) is -0.206. The molecule has 3 unspecified atom stereocenters. The first-order valence-electron chi connectivity index (χ1n) is 11.4. The number of nitrogens with one attached hydrogen (secondary N) is 1. The molecule has 33 heavy (non-hydrogen) atoms. The summed E-state index contributed by atoms with van der Waals surface area (Å²) in [6.07, 6.45) is -3.98. The van der Waals surface area contributed by atoms with Crippen molar-refractivity contribution in [2.24, 2.45) is 0 Å². The highest BCUT2D eigenvalue weighted by Crippen LogP contribution is 2.36. The fraction of sp³-hybridized carbons (Fsp3) is 0.739. The molecule has 2 N–H and O–H groups in total. The van der Waals surface area contributed by atoms with Crippen molar-refractivity contribution in [3.05, 3.63) is 29.8 Å². The number of hydrogen-bond acceptors (Lipinski definition) is 4. The van der Waals surface area contributed by atoms with E-state index in [0.29, 0.717) is 24.8 Å². The SMILES string of the molecule is OC(CNC1(Cc2ccc(OC(F)(F)CF)cc2)CCCC(OC2CCCC2)C1)C(F)(F)F. The number of aliphatic hydroxyl groups excluding tert-OH is 1. The van der Waals surface area contributed by atoms with E-state index >= 15 is 0 Å². The third kappa shape index (κ3) is 7.75. The van der Waals surface area contributed by atoms with Crippen LogP contribution in [-0.2, 0) is 11.2 Å². The Morgan fingerprint density at radius 2 is 1.64 bits per heavy atom. The second kappa shape index (κ2) is 10.8. The number of β-amino-alcohol motifs (C(OH)–C–C–N with tert-alkyl or cyclic N) is 1. The van der Waals surface area contributed by atoms with Crippen LogP contribution in [0.1, 0.15) is 56.9 Å². The average molecular weight is 483 g/mol. The third-order valence-corrected chi connectivity index (χ3v) is 6.42. The van der Waals surface area contributed by atoms with E-state index in [1.807, 2.05) is 0 Å². The maximum absolute atomic E-state index is 13.1. The topological polar surface area (TPSA) is 50.7 Å². The van der Waals surface area contributed by atoms with Gasteiger partial charge in [-0.3, -0.25) is 0 Å². The zero-order valence-electron chi connectivity index (χ0n) is 18.4. The summed E-state index contributed by atoms with van der Waals surface area (Å²) in [7, 11) is 0. The van der Waals surface area contributed by atoms with Gasteiger partial charge in [0.05, 0.1) is 12.2 Å². The molecule has 2 aliphatic rings. The van der Waals surface area contributed by atoms with Crippen molar-refractivity contribution in [3.8, 4) is 5.75 Å². The van der Waals surface area contributed by atoms with E-state index in [-0.39, 0.29) is 18.0 Å². The first kappa shape index (κ1) is 26.1. The molecule has 1 aromatic rings. The van der Waals surface area contributed by atoms with Gasteiger partial charge in [0.1, 0.15) is 5.75 Å². The molecule has 0 aliphatic heterocycles. The van der Waals surface area contributed by atoms with Crippen LogP contribution in [0.4, 0.5) is 26.3 Å². The van der Waals surface area contributed by atoms with Gasteiger partial charge in [0.2, 0.25) is 0 Å². The highest BCUT2D eigenvalue weighted by molar-refractivity contribution is 5.29. The van der Waals surface area contributed by atoms with Crippen LogP contribution in [0.2, 0.25) is 0 Å². The van der Waals surface area contributed by atoms with Crippen LogP contribution in [0.15, 0.2) is 24.3 Å². The van der Waals surface area contributed by atoms with E-state index in [1.165, 1.54) is 24.3 Å². The van der Waals surface area contributed by atoms with Crippen LogP contribution in [0.5, 0.6) is 5.75 Å². The molecular formula is C23H31F6NO3. The van der Waals surface area contributed by atoms with E-state index in [9.17, 15) is 31.4 Å². The van der Waals surface area contributed by atoms with Crippen molar-refractivity contribution >= 4 is 0 Å². The molecule has 0 amide bonds. The predicted molar refractivity (Wildman–Crippen MR) is 110 cm³/mol. The Balaban J connectivity index is 1.72. The van der Waals surface area contributed by atoms with Crippen LogP contribution in [-0.4, -0.2) is 54.5 Å². The molecule has 0 aromatic heterocycles. The second-order valence-corrected chi connectivity index (χ2v) is 9.17. The van der Waals surface area contributed by atoms with Gasteiger partial charge in [-0.05, 0) is 62.6 Å². The average Bonchev–Trinajstić information content (AvgIpc) is 3.26. The van der Waals surface area contributed by atoms with Gasteiger partial charge >= 0.3 is 12.3 Å². The normalized spacial score (nSPS) is 25.8. The van der Waals surface area contributed by atoms with Crippen molar-refractivity contribution < 1.29 is 40.9 Å². The molecule has 0 radical (unpaired) electrons. The maximum atomic E-state index is 13.1. The number of benzene rings is 1. The minimum Gasteiger partial charge on any atom is -0.431 e. The predicted octanol–water partition coefficient (Wildman–Crippen LogP) is 5.32. The maximum Gasteiger partial charge on any atom is 0.427 e. The number of alkyl halides is 6. The van der Waals surface area contributed by atoms with Gasteiger partial charge in [0.25, 0.3) is 0 Å². The van der Waals surface area contributed by atoms with Crippen molar-refractivity contribution in [2.75, 3.05) is 13.2 Å². The quantitative estimate of drug-likeness (QED) is 0.442. The van der Waals surface area contributed by atoms with Crippen LogP contribution in [0.3, 0.4) is 0 Å². The highest BCUT2D eigenvalue weighted by atomic mass is 19.4. The fourth-order valence-electron chi connectivity index (χ4n) is 4.80. The summed E-state index contributed by atoms with van der Waals surface area (Å²) in [6.45, 7) is -2.60. The number of aliphatic hydroxyl groups is 1. The number of rotatable bonds is 10. The molecule has 2 aliphatic carbocycles. The number of halogens is 6. The Bertz CT molecular complexity index is 739. The van der Waals surface area contributed by atoms with Crippen LogP contribution < -0.4 is 10.1 Å². The Hall–Kier alpha value is -1.52. The number of ether oxygens (including phenoxy) is 2. The van der Waals surface area contributed by atoms with Gasteiger partial charge in [0.15, 0.2) is 12.8 Å². The highest BCUT2D eigenvalue weighted by Gasteiger charge is 2.42. The van der Waals surface area contributed by atoms with Gasteiger partial charge < -0.3 is 19.9 Å². The van der Waals surface area contributed by atoms with E-state index < -0.39 is 37.1 Å². The van der Waals surface area contributed by atoms with E-state index in [2.05, 4.69) is 10.1 Å². The minimum absolute atomic E-state index is 0.108. The van der Waals surface area contributed by atoms with Crippen LogP contribution in [0, 0.1) is 0 Å². The van der Waals surface area contributed by atoms with Gasteiger partial charge in [-0.25, -0.2) is 4.39 Å². The zero-order chi connectivity index (χ0) is 24.1. The monoisotopic (exact) mass is 483 g/mol. The largest absolute Gasteiger partial charge is 0.431 e. The summed E-state index contributed by atoms with van der Waals surface area (Å²) >= 11 is 0. The molecule has 2 fully saturated rings. The molecule has 0 bridgehead atoms. The molecule has 3 rings (SSSR count). The van der Waals surface area contributed by atoms with Gasteiger partial charge in [-0.2, -0.15) is 22.0 Å². The van der Waals surface area contributed by atoms with Gasteiger partial charge in [-0.15, -0.1) is 0 Å². The summed E-state index contributed by atoms with van der Waals surface area (Å²) < 4.78 is 87.8. The smallest absolute Gasteiger partial charge is 0.427 e. The van der Waals surface area contributed by atoms with E-state index in [0.717, 1.165) is 38.5 Å². The molecule has 3 atom stereocenters. The van der Waals surface area contributed by atoms with Crippen LogP contribution in [0.25, 0.3) is 0 Å². The van der Waals surface area contributed by atoms with Crippen molar-refractivity contribution in [3.63, 3.8) is 0 Å². The van der Waals surface area contributed by atoms with Gasteiger partial charge in [-0.1, -0.05) is 25.0 Å². The zero-order valence-corrected chi connectivity index (χ0v) is 18.4. The lowest BCUT2D eigenvalue weighted by atomic mass is 9.76. The minimum atomic E-state index is -4.73. The molecule has 0 heterocycles. The van der Waals surface area contributed by atoms with Gasteiger partial charge in [0, 0.05) is 12.1 Å². The Labute approximate surface area is 189 Å². The molecule has 0 spiro atoms. The summed E-state index contributed by atoms with van der Waals surface area (Å²) in [6, 6.07) is 5.64. The lowest BCUT2D eigenvalue weighted by molar-refractivity contribution is -0.203. The Morgan fingerprint density at radius 1 is 1.00 bits per heavy atom. The third-order valence-electron chi connectivity index (χ3n) is 6.42. The molecular weight excluding hydrogens is 452 g/mol. The van der Waals surface area contributed by atoms with E-state index in [1.54, 1.807) is 0 Å². The molecule has 4 nitrogen and oxygen atoms in total. The first-order chi connectivity index (χ1) is 15.5. The standard InChI is InChI=1S/C23H31F6NO3/c24-15-22(25,26)33-18-9-7-16(8-10-18)12-21(30-14-20(31)23(27,28)29)11-3-6-19(13-21)32-17-4-1-2-5-17/h7-10,17,19-20,30-31H,1-6,11-15H2. The first-order valence-corrected chi connectivity index (χ1v) is 11.4. The lowest BCUT2D eigenvalue weighted by Gasteiger charge is -2.43. The lowest BCUT2D eigenvalue weighted by Crippen LogP contribution is -2.55. The van der Waals surface area contributed by atoms with E-state index in [4.69, 9.17) is 4.74 Å². The van der Waals surface area contributed by atoms with Crippen molar-refractivity contribution in [1.29, 1.82) is 0 Å². The fourth-order valence-corrected chi connectivity index (χ4v) is 4.80. The summed E-state index contributed by atoms with van der Waals surface area (Å²) in [4.78, 5) is 0. The molecule has 188 valence electrons. The Morgan fingerprint density at radius 3 is 2.24 bits per heavy atom. The molecule has 2 saturated carbocycles. The van der Waals surface area contributed by atoms with Crippen molar-refractivity contribution in [2.45, 2.75) is 93.9 Å². The second-order valence-electron chi connectivity index (χ2n) is 9.17. The van der Waals surface area contributed by atoms with Crippen molar-refractivity contribution in [1.82, 2.24) is 5.32 Å². The Kier molecular flexibility index (Phi) is 8.55. The molecule has 0 saturated heterocycles. The summed E-state index contributed by atoms with van der Waals surface area (Å²) in [5, 5.41) is 12.5.